The lowest BCUT2D eigenvalue weighted by Crippen LogP contribution is -2.21. The number of sulfone groups is 1. The van der Waals surface area contributed by atoms with Gasteiger partial charge in [-0.25, -0.2) is 18.4 Å². The number of aryl methyl sites for hydroxylation is 1. The van der Waals surface area contributed by atoms with Crippen LogP contribution in [0, 0.1) is 0 Å². The molecule has 0 aliphatic rings. The number of pyridine rings is 1. The molecule has 0 saturated carbocycles. The molecule has 2 aromatic heterocycles. The summed E-state index contributed by atoms with van der Waals surface area (Å²) in [6.45, 7) is 5.77. The van der Waals surface area contributed by atoms with Gasteiger partial charge in [0, 0.05) is 18.7 Å². The molecule has 0 aliphatic carbocycles. The molecular formula is C20H24N4O3S. The third-order valence-electron chi connectivity index (χ3n) is 4.31. The highest BCUT2D eigenvalue weighted by Gasteiger charge is 2.16. The highest BCUT2D eigenvalue weighted by Crippen LogP contribution is 2.26. The second-order valence-corrected chi connectivity index (χ2v) is 9.16. The van der Waals surface area contributed by atoms with E-state index in [1.54, 1.807) is 37.4 Å². The van der Waals surface area contributed by atoms with Crippen molar-refractivity contribution < 1.29 is 8.42 Å². The molecule has 3 aromatic rings. The van der Waals surface area contributed by atoms with Crippen LogP contribution in [0.3, 0.4) is 0 Å². The second kappa shape index (κ2) is 7.71. The van der Waals surface area contributed by atoms with E-state index in [2.05, 4.69) is 15.3 Å². The fourth-order valence-corrected chi connectivity index (χ4v) is 4.29. The second-order valence-electron chi connectivity index (χ2n) is 7.05. The van der Waals surface area contributed by atoms with Gasteiger partial charge in [0.2, 0.25) is 0 Å². The average molecular weight is 401 g/mol. The smallest absolute Gasteiger partial charge is 0.264 e. The topological polar surface area (TPSA) is 94.0 Å². The first-order chi connectivity index (χ1) is 13.2. The largest absolute Gasteiger partial charge is 0.367 e. The van der Waals surface area contributed by atoms with Gasteiger partial charge in [0.25, 0.3) is 5.56 Å². The molecule has 0 aliphatic heterocycles. The third-order valence-corrected chi connectivity index (χ3v) is 6.25. The molecule has 148 valence electrons. The fourth-order valence-electron chi connectivity index (χ4n) is 2.97. The van der Waals surface area contributed by atoms with Crippen molar-refractivity contribution in [2.24, 2.45) is 7.05 Å². The normalized spacial score (nSPS) is 11.9. The maximum absolute atomic E-state index is 12.6. The van der Waals surface area contributed by atoms with Crippen molar-refractivity contribution in [3.63, 3.8) is 0 Å². The molecule has 7 nitrogen and oxygen atoms in total. The molecule has 3 rings (SSSR count). The summed E-state index contributed by atoms with van der Waals surface area (Å²) in [5.41, 5.74) is 1.75. The van der Waals surface area contributed by atoms with Gasteiger partial charge in [0.05, 0.1) is 28.2 Å². The minimum absolute atomic E-state index is 0.0809. The van der Waals surface area contributed by atoms with Crippen LogP contribution in [0.5, 0.6) is 0 Å². The number of nitrogens with one attached hydrogen (secondary N) is 1. The number of hydrogen-bond donors (Lipinski definition) is 1. The Labute approximate surface area is 164 Å². The minimum atomic E-state index is -3.27. The molecule has 2 heterocycles. The van der Waals surface area contributed by atoms with E-state index >= 15 is 0 Å². The number of fused-ring (bicyclic) bond motifs is 1. The third kappa shape index (κ3) is 3.91. The summed E-state index contributed by atoms with van der Waals surface area (Å²) in [7, 11) is -1.62. The minimum Gasteiger partial charge on any atom is -0.367 e. The molecule has 0 atom stereocenters. The van der Waals surface area contributed by atoms with Crippen LogP contribution in [-0.2, 0) is 16.9 Å². The van der Waals surface area contributed by atoms with Crippen LogP contribution in [0.1, 0.15) is 27.2 Å². The molecule has 1 N–H and O–H groups in total. The molecular weight excluding hydrogens is 376 g/mol. The summed E-state index contributed by atoms with van der Waals surface area (Å²) in [4.78, 5) is 21.9. The molecule has 0 spiro atoms. The van der Waals surface area contributed by atoms with Gasteiger partial charge in [0.15, 0.2) is 9.84 Å². The van der Waals surface area contributed by atoms with Crippen molar-refractivity contribution >= 4 is 26.6 Å². The van der Waals surface area contributed by atoms with E-state index in [1.165, 1.54) is 10.9 Å². The first kappa shape index (κ1) is 20.0. The van der Waals surface area contributed by atoms with Gasteiger partial charge in [0.1, 0.15) is 11.2 Å². The van der Waals surface area contributed by atoms with Crippen LogP contribution in [0.15, 0.2) is 46.3 Å². The molecule has 1 aromatic carbocycles. The number of hydrogen-bond acceptors (Lipinski definition) is 6. The van der Waals surface area contributed by atoms with E-state index in [0.717, 1.165) is 5.56 Å². The highest BCUT2D eigenvalue weighted by atomic mass is 32.2. The Hall–Kier alpha value is -2.74. The molecule has 0 unspecified atom stereocenters. The Bertz CT molecular complexity index is 1170. The van der Waals surface area contributed by atoms with Crippen molar-refractivity contribution in [3.05, 3.63) is 47.0 Å². The van der Waals surface area contributed by atoms with E-state index in [4.69, 9.17) is 0 Å². The molecule has 0 saturated heterocycles. The molecule has 8 heteroatoms. The van der Waals surface area contributed by atoms with Crippen LogP contribution in [-0.4, -0.2) is 34.7 Å². The molecule has 0 bridgehead atoms. The monoisotopic (exact) mass is 400 g/mol. The van der Waals surface area contributed by atoms with Gasteiger partial charge < -0.3 is 9.88 Å². The Morgan fingerprint density at radius 3 is 2.46 bits per heavy atom. The van der Waals surface area contributed by atoms with Crippen LogP contribution < -0.4 is 10.9 Å². The summed E-state index contributed by atoms with van der Waals surface area (Å²) in [5, 5.41) is 3.65. The fraction of sp³-hybridized carbons (Fsp3) is 0.350. The van der Waals surface area contributed by atoms with Crippen molar-refractivity contribution in [2.75, 3.05) is 11.1 Å². The number of benzene rings is 1. The Morgan fingerprint density at radius 2 is 1.86 bits per heavy atom. The van der Waals surface area contributed by atoms with Crippen molar-refractivity contribution in [2.45, 2.75) is 38.1 Å². The summed E-state index contributed by atoms with van der Waals surface area (Å²) in [5.74, 6) is 0.592. The van der Waals surface area contributed by atoms with Crippen molar-refractivity contribution in [1.29, 1.82) is 0 Å². The average Bonchev–Trinajstić information content (AvgIpc) is 2.64. The van der Waals surface area contributed by atoms with E-state index < -0.39 is 9.84 Å². The summed E-state index contributed by atoms with van der Waals surface area (Å²) in [6, 6.07) is 8.49. The quantitative estimate of drug-likeness (QED) is 0.684. The van der Waals surface area contributed by atoms with Crippen molar-refractivity contribution in [3.8, 4) is 11.3 Å². The van der Waals surface area contributed by atoms with Gasteiger partial charge in [-0.15, -0.1) is 0 Å². The van der Waals surface area contributed by atoms with E-state index in [1.807, 2.05) is 20.8 Å². The first-order valence-corrected chi connectivity index (χ1v) is 10.8. The lowest BCUT2D eigenvalue weighted by atomic mass is 10.1. The Balaban J connectivity index is 2.13. The van der Waals surface area contributed by atoms with Crippen molar-refractivity contribution in [1.82, 2.24) is 14.5 Å². The number of rotatable bonds is 6. The Morgan fingerprint density at radius 1 is 1.18 bits per heavy atom. The van der Waals surface area contributed by atoms with Crippen LogP contribution in [0.25, 0.3) is 22.2 Å². The lowest BCUT2D eigenvalue weighted by molar-refractivity contribution is 0.594. The Kier molecular flexibility index (Phi) is 5.51. The molecule has 0 amide bonds. The van der Waals surface area contributed by atoms with Gasteiger partial charge in [-0.2, -0.15) is 0 Å². The highest BCUT2D eigenvalue weighted by molar-refractivity contribution is 7.91. The number of aromatic nitrogens is 3. The van der Waals surface area contributed by atoms with Crippen LogP contribution in [0.2, 0.25) is 0 Å². The van der Waals surface area contributed by atoms with Crippen LogP contribution in [0.4, 0.5) is 5.82 Å². The maximum Gasteiger partial charge on any atom is 0.264 e. The lowest BCUT2D eigenvalue weighted by Gasteiger charge is -2.14. The van der Waals surface area contributed by atoms with Gasteiger partial charge in [-0.1, -0.05) is 19.1 Å². The molecule has 0 radical (unpaired) electrons. The summed E-state index contributed by atoms with van der Waals surface area (Å²) >= 11 is 0. The maximum atomic E-state index is 12.6. The SMILES string of the molecule is CCCS(=O)(=O)c1ccc(-c2cc3ncn(C)c(=O)c3c(NC(C)C)n2)cc1. The predicted molar refractivity (Wildman–Crippen MR) is 111 cm³/mol. The predicted octanol–water partition coefficient (Wildman–Crippen LogP) is 3.00. The first-order valence-electron chi connectivity index (χ1n) is 9.19. The number of nitrogens with zero attached hydrogens (tertiary/aromatic N) is 3. The molecule has 0 fully saturated rings. The van der Waals surface area contributed by atoms with Gasteiger partial charge in [-0.3, -0.25) is 4.79 Å². The summed E-state index contributed by atoms with van der Waals surface area (Å²) < 4.78 is 25.9. The summed E-state index contributed by atoms with van der Waals surface area (Å²) in [6.07, 6.45) is 2.05. The van der Waals surface area contributed by atoms with Gasteiger partial charge in [-0.05, 0) is 38.5 Å². The van der Waals surface area contributed by atoms with E-state index in [-0.39, 0.29) is 17.4 Å². The van der Waals surface area contributed by atoms with E-state index in [0.29, 0.717) is 33.7 Å². The van der Waals surface area contributed by atoms with Crippen LogP contribution >= 0.6 is 0 Å². The zero-order valence-electron chi connectivity index (χ0n) is 16.4. The van der Waals surface area contributed by atoms with Gasteiger partial charge >= 0.3 is 0 Å². The standard InChI is InChI=1S/C20H24N4O3S/c1-5-10-28(26,27)15-8-6-14(7-9-15)16-11-17-18(19(23-16)22-13(2)3)20(25)24(4)12-21-17/h6-9,11-13H,5,10H2,1-4H3,(H,22,23). The molecule has 28 heavy (non-hydrogen) atoms. The zero-order valence-corrected chi connectivity index (χ0v) is 17.2. The van der Waals surface area contributed by atoms with E-state index in [9.17, 15) is 13.2 Å². The zero-order chi connectivity index (χ0) is 20.5. The number of anilines is 1.